The fourth-order valence-corrected chi connectivity index (χ4v) is 3.98. The minimum Gasteiger partial charge on any atom is -0.481 e. The quantitative estimate of drug-likeness (QED) is 0.532. The maximum Gasteiger partial charge on any atom is 0.313 e. The van der Waals surface area contributed by atoms with Gasteiger partial charge in [-0.25, -0.2) is 4.99 Å². The number of carboxylic acid groups (broad SMARTS) is 1. The van der Waals surface area contributed by atoms with Gasteiger partial charge in [0.1, 0.15) is 5.92 Å². The number of aliphatic imine (C=N–C) groups is 1. The zero-order valence-corrected chi connectivity index (χ0v) is 14.9. The van der Waals surface area contributed by atoms with E-state index in [1.54, 1.807) is 0 Å². The number of guanidine groups is 1. The standard InChI is InChI=1S/C18H33N3O3/c1-2-3-4-5-6-7-8-9-11-14-15(16(22)23)18(12-10-13-24-18)21-17(19)20-14/h14-15H,2-13H2,1H3,(H,22,23)(H3,19,20,21). The molecule has 0 aromatic rings. The molecule has 0 aromatic carbocycles. The molecular weight excluding hydrogens is 306 g/mol. The Labute approximate surface area is 145 Å². The third-order valence-electron chi connectivity index (χ3n) is 5.20. The lowest BCUT2D eigenvalue weighted by Gasteiger charge is -2.41. The van der Waals surface area contributed by atoms with Crippen LogP contribution in [-0.2, 0) is 9.53 Å². The molecule has 1 saturated heterocycles. The number of aliphatic carboxylic acids is 1. The van der Waals surface area contributed by atoms with Crippen molar-refractivity contribution in [3.8, 4) is 0 Å². The van der Waals surface area contributed by atoms with E-state index in [0.29, 0.717) is 19.0 Å². The number of hydrogen-bond donors (Lipinski definition) is 3. The summed E-state index contributed by atoms with van der Waals surface area (Å²) >= 11 is 0. The molecule has 0 aromatic heterocycles. The third kappa shape index (κ3) is 4.85. The molecule has 2 aliphatic rings. The van der Waals surface area contributed by atoms with Gasteiger partial charge in [0, 0.05) is 6.61 Å². The van der Waals surface area contributed by atoms with Crippen LogP contribution in [0.15, 0.2) is 4.99 Å². The summed E-state index contributed by atoms with van der Waals surface area (Å²) in [5.41, 5.74) is 5.05. The highest BCUT2D eigenvalue weighted by Crippen LogP contribution is 2.37. The molecule has 1 spiro atoms. The van der Waals surface area contributed by atoms with Gasteiger partial charge in [0.05, 0.1) is 6.04 Å². The van der Waals surface area contributed by atoms with E-state index in [-0.39, 0.29) is 6.04 Å². The zero-order valence-electron chi connectivity index (χ0n) is 14.9. The molecule has 138 valence electrons. The summed E-state index contributed by atoms with van der Waals surface area (Å²) in [6.45, 7) is 2.81. The largest absolute Gasteiger partial charge is 0.481 e. The lowest BCUT2D eigenvalue weighted by molar-refractivity contribution is -0.158. The maximum atomic E-state index is 11.8. The Kier molecular flexibility index (Phi) is 7.34. The van der Waals surface area contributed by atoms with Gasteiger partial charge in [0.15, 0.2) is 11.7 Å². The summed E-state index contributed by atoms with van der Waals surface area (Å²) in [7, 11) is 0. The smallest absolute Gasteiger partial charge is 0.313 e. The zero-order chi connectivity index (χ0) is 17.4. The van der Waals surface area contributed by atoms with Gasteiger partial charge in [-0.1, -0.05) is 58.3 Å². The second-order valence-corrected chi connectivity index (χ2v) is 7.13. The van der Waals surface area contributed by atoms with Crippen molar-refractivity contribution in [1.29, 1.82) is 0 Å². The van der Waals surface area contributed by atoms with Gasteiger partial charge in [0.2, 0.25) is 0 Å². The number of carbonyl (C=O) groups is 1. The molecule has 4 N–H and O–H groups in total. The van der Waals surface area contributed by atoms with E-state index < -0.39 is 17.6 Å². The van der Waals surface area contributed by atoms with E-state index in [4.69, 9.17) is 10.5 Å². The fraction of sp³-hybridized carbons (Fsp3) is 0.889. The van der Waals surface area contributed by atoms with Crippen LogP contribution in [0.4, 0.5) is 0 Å². The van der Waals surface area contributed by atoms with Crippen molar-refractivity contribution in [2.24, 2.45) is 16.6 Å². The molecule has 24 heavy (non-hydrogen) atoms. The predicted octanol–water partition coefficient (Wildman–Crippen LogP) is 3.01. The summed E-state index contributed by atoms with van der Waals surface area (Å²) in [4.78, 5) is 16.2. The molecule has 0 bridgehead atoms. The molecule has 0 aliphatic carbocycles. The van der Waals surface area contributed by atoms with Crippen molar-refractivity contribution in [2.45, 2.75) is 89.3 Å². The van der Waals surface area contributed by atoms with Crippen LogP contribution in [0.2, 0.25) is 0 Å². The SMILES string of the molecule is CCCCCCCCCCC1N=C(N)NC2(CCCO2)C1C(=O)O. The molecule has 2 heterocycles. The summed E-state index contributed by atoms with van der Waals surface area (Å²) in [5.74, 6) is -1.18. The number of nitrogens with one attached hydrogen (secondary N) is 1. The van der Waals surface area contributed by atoms with Gasteiger partial charge in [0.25, 0.3) is 0 Å². The molecule has 0 radical (unpaired) electrons. The molecule has 6 nitrogen and oxygen atoms in total. The first-order valence-corrected chi connectivity index (χ1v) is 9.57. The molecule has 2 aliphatic heterocycles. The topological polar surface area (TPSA) is 96.9 Å². The van der Waals surface area contributed by atoms with Crippen molar-refractivity contribution in [3.05, 3.63) is 0 Å². The summed E-state index contributed by atoms with van der Waals surface area (Å²) < 4.78 is 5.79. The van der Waals surface area contributed by atoms with Crippen molar-refractivity contribution >= 4 is 11.9 Å². The minimum atomic E-state index is -0.859. The molecule has 1 fully saturated rings. The number of ether oxygens (including phenoxy) is 1. The Bertz CT molecular complexity index is 433. The highest BCUT2D eigenvalue weighted by atomic mass is 16.5. The van der Waals surface area contributed by atoms with Crippen LogP contribution in [0.1, 0.15) is 77.6 Å². The lowest BCUT2D eigenvalue weighted by Crippen LogP contribution is -2.64. The molecular formula is C18H33N3O3. The summed E-state index contributed by atoms with van der Waals surface area (Å²) in [6.07, 6.45) is 12.1. The molecule has 0 amide bonds. The van der Waals surface area contributed by atoms with Crippen LogP contribution in [0, 0.1) is 5.92 Å². The van der Waals surface area contributed by atoms with E-state index >= 15 is 0 Å². The number of unbranched alkanes of at least 4 members (excludes halogenated alkanes) is 7. The van der Waals surface area contributed by atoms with Gasteiger partial charge in [-0.05, 0) is 19.3 Å². The molecule has 3 unspecified atom stereocenters. The molecule has 6 heteroatoms. The van der Waals surface area contributed by atoms with Crippen molar-refractivity contribution < 1.29 is 14.6 Å². The minimum absolute atomic E-state index is 0.290. The second-order valence-electron chi connectivity index (χ2n) is 7.13. The van der Waals surface area contributed by atoms with E-state index in [0.717, 1.165) is 25.7 Å². The normalized spacial score (nSPS) is 29.5. The maximum absolute atomic E-state index is 11.8. The Morgan fingerprint density at radius 3 is 2.54 bits per heavy atom. The van der Waals surface area contributed by atoms with Crippen LogP contribution in [-0.4, -0.2) is 35.4 Å². The first-order valence-electron chi connectivity index (χ1n) is 9.57. The van der Waals surface area contributed by atoms with Crippen molar-refractivity contribution in [2.75, 3.05) is 6.61 Å². The van der Waals surface area contributed by atoms with E-state index in [1.165, 1.54) is 38.5 Å². The van der Waals surface area contributed by atoms with E-state index in [1.807, 2.05) is 0 Å². The number of rotatable bonds is 10. The summed E-state index contributed by atoms with van der Waals surface area (Å²) in [6, 6.07) is -0.290. The molecule has 2 rings (SSSR count). The second kappa shape index (κ2) is 9.25. The van der Waals surface area contributed by atoms with Crippen molar-refractivity contribution in [3.63, 3.8) is 0 Å². The number of carboxylic acids is 1. The number of hydrogen-bond acceptors (Lipinski definition) is 5. The number of nitrogens with two attached hydrogens (primary N) is 1. The molecule has 0 saturated carbocycles. The van der Waals surface area contributed by atoms with Gasteiger partial charge in [-0.2, -0.15) is 0 Å². The van der Waals surface area contributed by atoms with Crippen LogP contribution >= 0.6 is 0 Å². The van der Waals surface area contributed by atoms with Crippen molar-refractivity contribution in [1.82, 2.24) is 5.32 Å². The van der Waals surface area contributed by atoms with Gasteiger partial charge < -0.3 is 20.9 Å². The van der Waals surface area contributed by atoms with Gasteiger partial charge in [-0.15, -0.1) is 0 Å². The first kappa shape index (κ1) is 19.0. The van der Waals surface area contributed by atoms with E-state index in [2.05, 4.69) is 17.2 Å². The summed E-state index contributed by atoms with van der Waals surface area (Å²) in [5, 5.41) is 12.7. The average Bonchev–Trinajstić information content (AvgIpc) is 2.97. The lowest BCUT2D eigenvalue weighted by atomic mass is 9.82. The fourth-order valence-electron chi connectivity index (χ4n) is 3.98. The monoisotopic (exact) mass is 339 g/mol. The third-order valence-corrected chi connectivity index (χ3v) is 5.20. The van der Waals surface area contributed by atoms with Gasteiger partial charge >= 0.3 is 5.97 Å². The highest BCUT2D eigenvalue weighted by molar-refractivity contribution is 5.83. The Morgan fingerprint density at radius 1 is 1.29 bits per heavy atom. The highest BCUT2D eigenvalue weighted by Gasteiger charge is 2.53. The number of nitrogens with zero attached hydrogens (tertiary/aromatic N) is 1. The van der Waals surface area contributed by atoms with E-state index in [9.17, 15) is 9.90 Å². The van der Waals surface area contributed by atoms with Gasteiger partial charge in [-0.3, -0.25) is 4.79 Å². The Morgan fingerprint density at radius 2 is 1.96 bits per heavy atom. The van der Waals surface area contributed by atoms with Crippen LogP contribution in [0.3, 0.4) is 0 Å². The Hall–Kier alpha value is -1.30. The van der Waals surface area contributed by atoms with Crippen LogP contribution in [0.25, 0.3) is 0 Å². The van der Waals surface area contributed by atoms with Crippen LogP contribution < -0.4 is 11.1 Å². The average molecular weight is 339 g/mol. The first-order chi connectivity index (χ1) is 11.6. The predicted molar refractivity (Wildman–Crippen MR) is 94.8 cm³/mol. The van der Waals surface area contributed by atoms with Crippen LogP contribution in [0.5, 0.6) is 0 Å². The Balaban J connectivity index is 1.81. The molecule has 3 atom stereocenters.